The van der Waals surface area contributed by atoms with Crippen LogP contribution >= 0.6 is 0 Å². The average molecular weight is 407 g/mol. The third kappa shape index (κ3) is 5.32. The van der Waals surface area contributed by atoms with Gasteiger partial charge < -0.3 is 25.4 Å². The maximum absolute atomic E-state index is 12.8. The van der Waals surface area contributed by atoms with E-state index >= 15 is 0 Å². The van der Waals surface area contributed by atoms with Crippen molar-refractivity contribution in [3.63, 3.8) is 0 Å². The van der Waals surface area contributed by atoms with Gasteiger partial charge in [0.1, 0.15) is 24.5 Å². The minimum absolute atomic E-state index is 0.332. The van der Waals surface area contributed by atoms with E-state index in [2.05, 4.69) is 10.6 Å². The molecule has 0 aliphatic carbocycles. The maximum Gasteiger partial charge on any atom is 0.305 e. The van der Waals surface area contributed by atoms with Gasteiger partial charge in [-0.1, -0.05) is 32.0 Å². The minimum Gasteiger partial charge on any atom is -0.481 e. The van der Waals surface area contributed by atoms with Crippen LogP contribution in [0, 0.1) is 5.92 Å². The Balaban J connectivity index is 2.19. The Morgan fingerprint density at radius 3 is 2.38 bits per heavy atom. The van der Waals surface area contributed by atoms with Crippen LogP contribution in [0.3, 0.4) is 0 Å². The van der Waals surface area contributed by atoms with Crippen LogP contribution in [-0.4, -0.2) is 57.4 Å². The van der Waals surface area contributed by atoms with Crippen LogP contribution < -0.4 is 10.6 Å². The molecule has 0 aliphatic rings. The second-order valence-corrected chi connectivity index (χ2v) is 7.28. The topological polar surface area (TPSA) is 121 Å². The summed E-state index contributed by atoms with van der Waals surface area (Å²) in [5.41, 5.74) is 1.21. The highest BCUT2D eigenvalue weighted by molar-refractivity contribution is 6.00. The molecule has 0 saturated heterocycles. The summed E-state index contributed by atoms with van der Waals surface area (Å²) in [6.07, 6.45) is -2.30. The normalized spacial score (nSPS) is 14.4. The molecule has 1 aromatic carbocycles. The molecule has 29 heavy (non-hydrogen) atoms. The number of aliphatic carboxylic acids is 1. The molecule has 4 N–H and O–H groups in total. The van der Waals surface area contributed by atoms with Crippen molar-refractivity contribution in [3.8, 4) is 0 Å². The molecule has 0 radical (unpaired) electrons. The van der Waals surface area contributed by atoms with Gasteiger partial charge in [-0.05, 0) is 18.1 Å². The fourth-order valence-corrected chi connectivity index (χ4v) is 3.11. The van der Waals surface area contributed by atoms with Gasteiger partial charge in [0.15, 0.2) is 0 Å². The van der Waals surface area contributed by atoms with Crippen LogP contribution in [0.1, 0.15) is 30.8 Å². The van der Waals surface area contributed by atoms with Gasteiger partial charge in [0.25, 0.3) is 5.91 Å². The highest BCUT2D eigenvalue weighted by Gasteiger charge is 2.30. The van der Waals surface area contributed by atoms with Crippen molar-refractivity contribution < 1.29 is 29.0 Å². The second kappa shape index (κ2) is 9.51. The van der Waals surface area contributed by atoms with Gasteiger partial charge in [-0.15, -0.1) is 0 Å². The molecule has 2 rings (SSSR count). The average Bonchev–Trinajstić information content (AvgIpc) is 3.01. The summed E-state index contributed by atoms with van der Waals surface area (Å²) >= 11 is 0. The van der Waals surface area contributed by atoms with Crippen molar-refractivity contribution in [2.75, 3.05) is 6.67 Å². The van der Waals surface area contributed by atoms with Crippen LogP contribution in [0.5, 0.6) is 0 Å². The summed E-state index contributed by atoms with van der Waals surface area (Å²) in [6.45, 7) is 2.22. The van der Waals surface area contributed by atoms with Gasteiger partial charge >= 0.3 is 5.97 Å². The molecule has 0 aliphatic heterocycles. The third-order valence-corrected chi connectivity index (χ3v) is 4.76. The van der Waals surface area contributed by atoms with Crippen LogP contribution in [0.25, 0.3) is 10.9 Å². The molecule has 2 aromatic rings. The molecule has 1 heterocycles. The smallest absolute Gasteiger partial charge is 0.305 e. The molecule has 3 atom stereocenters. The van der Waals surface area contributed by atoms with Crippen LogP contribution in [0.2, 0.25) is 0 Å². The number of aryl methyl sites for hydroxylation is 1. The van der Waals surface area contributed by atoms with E-state index in [0.717, 1.165) is 10.9 Å². The van der Waals surface area contributed by atoms with Crippen LogP contribution in [0.15, 0.2) is 30.3 Å². The maximum atomic E-state index is 12.8. The second-order valence-electron chi connectivity index (χ2n) is 7.28. The lowest BCUT2D eigenvalue weighted by molar-refractivity contribution is -0.139. The Morgan fingerprint density at radius 2 is 1.83 bits per heavy atom. The van der Waals surface area contributed by atoms with Gasteiger partial charge in [0.2, 0.25) is 5.91 Å². The molecule has 9 heteroatoms. The predicted octanol–water partition coefficient (Wildman–Crippen LogP) is 1.22. The number of nitrogens with zero attached hydrogens (tertiary/aromatic N) is 1. The molecule has 0 saturated carbocycles. The number of carbonyl (C=O) groups is 3. The fourth-order valence-electron chi connectivity index (χ4n) is 3.11. The lowest BCUT2D eigenvalue weighted by Crippen LogP contribution is -2.55. The molecule has 0 fully saturated rings. The quantitative estimate of drug-likeness (QED) is 0.498. The van der Waals surface area contributed by atoms with E-state index in [9.17, 15) is 23.9 Å². The van der Waals surface area contributed by atoms with Gasteiger partial charge in [-0.3, -0.25) is 14.4 Å². The van der Waals surface area contributed by atoms with Crippen LogP contribution in [0.4, 0.5) is 4.39 Å². The number of hydrogen-bond donors (Lipinski definition) is 4. The summed E-state index contributed by atoms with van der Waals surface area (Å²) in [5.74, 6) is -2.78. The fraction of sp³-hybridized carbons (Fsp3) is 0.450. The summed E-state index contributed by atoms with van der Waals surface area (Å²) in [4.78, 5) is 36.4. The number of para-hydroxylation sites is 1. The number of aliphatic hydroxyl groups is 1. The van der Waals surface area contributed by atoms with Crippen molar-refractivity contribution in [2.24, 2.45) is 13.0 Å². The first-order valence-electron chi connectivity index (χ1n) is 9.27. The van der Waals surface area contributed by atoms with E-state index in [-0.39, 0.29) is 5.92 Å². The molecule has 2 amide bonds. The van der Waals surface area contributed by atoms with Gasteiger partial charge in [-0.2, -0.15) is 0 Å². The van der Waals surface area contributed by atoms with E-state index < -0.39 is 49.1 Å². The Labute approximate surface area is 167 Å². The zero-order chi connectivity index (χ0) is 21.7. The summed E-state index contributed by atoms with van der Waals surface area (Å²) in [5, 5.41) is 24.5. The van der Waals surface area contributed by atoms with Gasteiger partial charge in [0.05, 0.1) is 12.5 Å². The molecular weight excluding hydrogens is 381 g/mol. The number of aromatic nitrogens is 1. The van der Waals surface area contributed by atoms with E-state index in [1.54, 1.807) is 31.5 Å². The molecule has 0 spiro atoms. The number of nitrogens with one attached hydrogen (secondary N) is 2. The van der Waals surface area contributed by atoms with Crippen molar-refractivity contribution in [1.82, 2.24) is 15.2 Å². The van der Waals surface area contributed by atoms with Crippen LogP contribution in [-0.2, 0) is 16.6 Å². The SMILES string of the molecule is CC(C)[C@H](NC(=O)c1cc2ccccc2n1C)C(=O)NC(CC(=O)O)C(O)CF. The lowest BCUT2D eigenvalue weighted by atomic mass is 10.0. The van der Waals surface area contributed by atoms with Gasteiger partial charge in [0, 0.05) is 18.0 Å². The van der Waals surface area contributed by atoms with Crippen molar-refractivity contribution in [2.45, 2.75) is 38.5 Å². The number of amides is 2. The number of fused-ring (bicyclic) bond motifs is 1. The summed E-state index contributed by atoms with van der Waals surface area (Å²) in [7, 11) is 1.74. The summed E-state index contributed by atoms with van der Waals surface area (Å²) < 4.78 is 14.5. The number of hydrogen-bond acceptors (Lipinski definition) is 4. The first kappa shape index (κ1) is 22.4. The lowest BCUT2D eigenvalue weighted by Gasteiger charge is -2.26. The van der Waals surface area contributed by atoms with Crippen molar-refractivity contribution in [1.29, 1.82) is 0 Å². The first-order chi connectivity index (χ1) is 13.6. The monoisotopic (exact) mass is 407 g/mol. The molecular formula is C20H26FN3O5. The number of halogens is 1. The number of carboxylic acid groups (broad SMARTS) is 1. The third-order valence-electron chi connectivity index (χ3n) is 4.76. The highest BCUT2D eigenvalue weighted by Crippen LogP contribution is 2.18. The van der Waals surface area contributed by atoms with Crippen molar-refractivity contribution >= 4 is 28.7 Å². The molecule has 158 valence electrons. The van der Waals surface area contributed by atoms with E-state index in [0.29, 0.717) is 5.69 Å². The number of rotatable bonds is 9. The van der Waals surface area contributed by atoms with Gasteiger partial charge in [-0.25, -0.2) is 4.39 Å². The largest absolute Gasteiger partial charge is 0.481 e. The minimum atomic E-state index is -1.66. The standard InChI is InChI=1S/C20H26FN3O5/c1-11(2)18(20(29)22-13(9-17(26)27)16(25)10-21)23-19(28)15-8-12-6-4-5-7-14(12)24(15)3/h4-8,11,13,16,18,25H,9-10H2,1-3H3,(H,22,29)(H,23,28)(H,26,27)/t13?,16?,18-/m0/s1. The zero-order valence-electron chi connectivity index (χ0n) is 16.6. The molecule has 2 unspecified atom stereocenters. The number of aliphatic hydroxyl groups excluding tert-OH is 1. The Hall–Kier alpha value is -2.94. The molecule has 0 bridgehead atoms. The number of carboxylic acids is 1. The summed E-state index contributed by atoms with van der Waals surface area (Å²) in [6, 6.07) is 6.85. The van der Waals surface area contributed by atoms with E-state index in [4.69, 9.17) is 5.11 Å². The number of alkyl halides is 1. The first-order valence-corrected chi connectivity index (χ1v) is 9.27. The predicted molar refractivity (Wildman–Crippen MR) is 105 cm³/mol. The van der Waals surface area contributed by atoms with Crippen molar-refractivity contribution in [3.05, 3.63) is 36.0 Å². The van der Waals surface area contributed by atoms with E-state index in [1.807, 2.05) is 24.3 Å². The Kier molecular flexibility index (Phi) is 7.33. The zero-order valence-corrected chi connectivity index (χ0v) is 16.6. The van der Waals surface area contributed by atoms with E-state index in [1.165, 1.54) is 0 Å². The Morgan fingerprint density at radius 1 is 1.17 bits per heavy atom. The number of benzene rings is 1. The number of carbonyl (C=O) groups excluding carboxylic acids is 2. The molecule has 8 nitrogen and oxygen atoms in total. The Bertz CT molecular complexity index is 895. The highest BCUT2D eigenvalue weighted by atomic mass is 19.1. The molecule has 1 aromatic heterocycles.